The summed E-state index contributed by atoms with van der Waals surface area (Å²) in [6.45, 7) is 3.61. The molecule has 0 radical (unpaired) electrons. The van der Waals surface area contributed by atoms with E-state index in [4.69, 9.17) is 37.7 Å². The van der Waals surface area contributed by atoms with Crippen LogP contribution in [0.15, 0.2) is 66.7 Å². The van der Waals surface area contributed by atoms with Crippen LogP contribution in [-0.2, 0) is 6.54 Å². The highest BCUT2D eigenvalue weighted by Gasteiger charge is 2.15. The molecule has 1 aromatic heterocycles. The maximum absolute atomic E-state index is 6.46. The van der Waals surface area contributed by atoms with Crippen molar-refractivity contribution in [2.75, 3.05) is 13.2 Å². The standard InChI is InChI=1S/C23H20Cl2N2O2/c1-2-28-21-9-5-6-10-22(21)29-14-13-27-20-8-4-3-7-19(20)26-23(27)17-12-11-16(24)15-18(17)25/h3-12,15H,2,13-14H2,1H3. The monoisotopic (exact) mass is 426 g/mol. The lowest BCUT2D eigenvalue weighted by Crippen LogP contribution is -2.10. The number of rotatable bonds is 7. The number of benzene rings is 3. The minimum Gasteiger partial charge on any atom is -0.490 e. The number of aromatic nitrogens is 2. The second-order valence-electron chi connectivity index (χ2n) is 6.43. The molecule has 148 valence electrons. The summed E-state index contributed by atoms with van der Waals surface area (Å²) in [7, 11) is 0. The Morgan fingerprint density at radius 1 is 0.897 bits per heavy atom. The molecule has 29 heavy (non-hydrogen) atoms. The van der Waals surface area contributed by atoms with Gasteiger partial charge in [0.05, 0.1) is 29.2 Å². The number of hydrogen-bond donors (Lipinski definition) is 0. The molecule has 0 N–H and O–H groups in total. The van der Waals surface area contributed by atoms with Gasteiger partial charge in [0.15, 0.2) is 11.5 Å². The summed E-state index contributed by atoms with van der Waals surface area (Å²) in [6, 6.07) is 21.1. The van der Waals surface area contributed by atoms with E-state index in [1.54, 1.807) is 6.07 Å². The number of imidazole rings is 1. The molecular weight excluding hydrogens is 407 g/mol. The molecule has 0 spiro atoms. The van der Waals surface area contributed by atoms with E-state index in [2.05, 4.69) is 4.57 Å². The van der Waals surface area contributed by atoms with Crippen LogP contribution in [0.25, 0.3) is 22.4 Å². The molecule has 0 fully saturated rings. The predicted molar refractivity (Wildman–Crippen MR) is 118 cm³/mol. The van der Waals surface area contributed by atoms with Crippen molar-refractivity contribution in [2.24, 2.45) is 0 Å². The Balaban J connectivity index is 1.65. The molecule has 0 atom stereocenters. The molecule has 1 heterocycles. The summed E-state index contributed by atoms with van der Waals surface area (Å²) >= 11 is 12.5. The second kappa shape index (κ2) is 8.76. The van der Waals surface area contributed by atoms with Gasteiger partial charge in [-0.1, -0.05) is 47.5 Å². The van der Waals surface area contributed by atoms with Crippen molar-refractivity contribution in [1.29, 1.82) is 0 Å². The Kier molecular flexibility index (Phi) is 5.93. The number of nitrogens with zero attached hydrogens (tertiary/aromatic N) is 2. The van der Waals surface area contributed by atoms with E-state index in [1.807, 2.05) is 67.6 Å². The van der Waals surface area contributed by atoms with Crippen LogP contribution < -0.4 is 9.47 Å². The van der Waals surface area contributed by atoms with Crippen molar-refractivity contribution in [3.8, 4) is 22.9 Å². The average Bonchev–Trinajstić information content (AvgIpc) is 3.08. The quantitative estimate of drug-likeness (QED) is 0.338. The van der Waals surface area contributed by atoms with Gasteiger partial charge in [0.25, 0.3) is 0 Å². The smallest absolute Gasteiger partial charge is 0.161 e. The zero-order valence-electron chi connectivity index (χ0n) is 15.9. The van der Waals surface area contributed by atoms with Gasteiger partial charge in [0.1, 0.15) is 12.4 Å². The maximum Gasteiger partial charge on any atom is 0.161 e. The largest absolute Gasteiger partial charge is 0.490 e. The fourth-order valence-corrected chi connectivity index (χ4v) is 3.76. The van der Waals surface area contributed by atoms with Gasteiger partial charge in [-0.25, -0.2) is 4.98 Å². The lowest BCUT2D eigenvalue weighted by atomic mass is 10.2. The first-order valence-electron chi connectivity index (χ1n) is 9.42. The van der Waals surface area contributed by atoms with E-state index in [-0.39, 0.29) is 0 Å². The third-order valence-corrected chi connectivity index (χ3v) is 5.10. The molecule has 3 aromatic carbocycles. The first-order valence-corrected chi connectivity index (χ1v) is 10.2. The van der Waals surface area contributed by atoms with Crippen molar-refractivity contribution in [3.05, 3.63) is 76.8 Å². The SMILES string of the molecule is CCOc1ccccc1OCCn1c(-c2ccc(Cl)cc2Cl)nc2ccccc21. The van der Waals surface area contributed by atoms with E-state index in [1.165, 1.54) is 0 Å². The van der Waals surface area contributed by atoms with Crippen molar-refractivity contribution < 1.29 is 9.47 Å². The highest BCUT2D eigenvalue weighted by molar-refractivity contribution is 6.36. The summed E-state index contributed by atoms with van der Waals surface area (Å²) in [6.07, 6.45) is 0. The molecule has 0 bridgehead atoms. The maximum atomic E-state index is 6.46. The molecule has 4 aromatic rings. The van der Waals surface area contributed by atoms with Crippen LogP contribution in [0, 0.1) is 0 Å². The summed E-state index contributed by atoms with van der Waals surface area (Å²) < 4.78 is 13.8. The highest BCUT2D eigenvalue weighted by atomic mass is 35.5. The summed E-state index contributed by atoms with van der Waals surface area (Å²) in [4.78, 5) is 4.80. The minimum atomic E-state index is 0.461. The second-order valence-corrected chi connectivity index (χ2v) is 7.27. The van der Waals surface area contributed by atoms with Gasteiger partial charge in [-0.05, 0) is 49.4 Å². The Labute approximate surface area is 179 Å². The van der Waals surface area contributed by atoms with E-state index >= 15 is 0 Å². The first-order chi connectivity index (χ1) is 14.2. The van der Waals surface area contributed by atoms with Gasteiger partial charge in [-0.3, -0.25) is 0 Å². The molecule has 4 rings (SSSR count). The molecule has 0 aliphatic rings. The molecular formula is C23H20Cl2N2O2. The van der Waals surface area contributed by atoms with Gasteiger partial charge in [0.2, 0.25) is 0 Å². The number of halogens is 2. The molecule has 0 amide bonds. The molecule has 0 saturated carbocycles. The van der Waals surface area contributed by atoms with Crippen LogP contribution >= 0.6 is 23.2 Å². The summed E-state index contributed by atoms with van der Waals surface area (Å²) in [5.41, 5.74) is 2.76. The van der Waals surface area contributed by atoms with Gasteiger partial charge in [-0.2, -0.15) is 0 Å². The molecule has 0 saturated heterocycles. The lowest BCUT2D eigenvalue weighted by molar-refractivity contribution is 0.268. The van der Waals surface area contributed by atoms with Gasteiger partial charge in [-0.15, -0.1) is 0 Å². The number of hydrogen-bond acceptors (Lipinski definition) is 3. The molecule has 0 aliphatic heterocycles. The Bertz CT molecular complexity index is 1140. The number of para-hydroxylation sites is 4. The van der Waals surface area contributed by atoms with Crippen molar-refractivity contribution in [1.82, 2.24) is 9.55 Å². The van der Waals surface area contributed by atoms with Crippen molar-refractivity contribution >= 4 is 34.2 Å². The van der Waals surface area contributed by atoms with Gasteiger partial charge in [0, 0.05) is 10.6 Å². The molecule has 4 nitrogen and oxygen atoms in total. The predicted octanol–water partition coefficient (Wildman–Crippen LogP) is 6.49. The Morgan fingerprint density at radius 3 is 2.38 bits per heavy atom. The average molecular weight is 427 g/mol. The third kappa shape index (κ3) is 4.19. The van der Waals surface area contributed by atoms with Crippen LogP contribution in [0.1, 0.15) is 6.92 Å². The third-order valence-electron chi connectivity index (χ3n) is 4.55. The molecule has 0 unspecified atom stereocenters. The molecule has 6 heteroatoms. The van der Waals surface area contributed by atoms with Gasteiger partial charge >= 0.3 is 0 Å². The van der Waals surface area contributed by atoms with Crippen LogP contribution in [0.4, 0.5) is 0 Å². The number of fused-ring (bicyclic) bond motifs is 1. The zero-order valence-corrected chi connectivity index (χ0v) is 17.5. The Hall–Kier alpha value is -2.69. The molecule has 0 aliphatic carbocycles. The van der Waals surface area contributed by atoms with E-state index < -0.39 is 0 Å². The first kappa shape index (κ1) is 19.6. The topological polar surface area (TPSA) is 36.3 Å². The van der Waals surface area contributed by atoms with E-state index in [0.717, 1.165) is 33.9 Å². The van der Waals surface area contributed by atoms with Gasteiger partial charge < -0.3 is 14.0 Å². The summed E-state index contributed by atoms with van der Waals surface area (Å²) in [5.74, 6) is 2.26. The fourth-order valence-electron chi connectivity index (χ4n) is 3.27. The van der Waals surface area contributed by atoms with Crippen molar-refractivity contribution in [2.45, 2.75) is 13.5 Å². The van der Waals surface area contributed by atoms with Crippen LogP contribution in [0.3, 0.4) is 0 Å². The minimum absolute atomic E-state index is 0.461. The Morgan fingerprint density at radius 2 is 1.62 bits per heavy atom. The lowest BCUT2D eigenvalue weighted by Gasteiger charge is -2.14. The van der Waals surface area contributed by atoms with E-state index in [9.17, 15) is 0 Å². The van der Waals surface area contributed by atoms with E-state index in [0.29, 0.717) is 29.8 Å². The highest BCUT2D eigenvalue weighted by Crippen LogP contribution is 2.32. The van der Waals surface area contributed by atoms with Crippen LogP contribution in [0.2, 0.25) is 10.0 Å². The fraction of sp³-hybridized carbons (Fsp3) is 0.174. The summed E-state index contributed by atoms with van der Waals surface area (Å²) in [5, 5.41) is 1.16. The normalized spacial score (nSPS) is 11.0. The number of ether oxygens (including phenoxy) is 2. The van der Waals surface area contributed by atoms with Crippen molar-refractivity contribution in [3.63, 3.8) is 0 Å². The van der Waals surface area contributed by atoms with Crippen LogP contribution in [-0.4, -0.2) is 22.8 Å². The zero-order chi connectivity index (χ0) is 20.2. The van der Waals surface area contributed by atoms with Crippen LogP contribution in [0.5, 0.6) is 11.5 Å².